The minimum atomic E-state index is -0.676. The quantitative estimate of drug-likeness (QED) is 0.817. The van der Waals surface area contributed by atoms with Crippen LogP contribution in [0.3, 0.4) is 0 Å². The zero-order chi connectivity index (χ0) is 18.5. The number of hydrogen-bond donors (Lipinski definition) is 1. The summed E-state index contributed by atoms with van der Waals surface area (Å²) in [5.74, 6) is 0.406. The predicted octanol–water partition coefficient (Wildman–Crippen LogP) is -0.0617. The summed E-state index contributed by atoms with van der Waals surface area (Å²) in [5, 5.41) is 0. The lowest BCUT2D eigenvalue weighted by Crippen LogP contribution is -2.51. The van der Waals surface area contributed by atoms with Gasteiger partial charge in [-0.15, -0.1) is 0 Å². The van der Waals surface area contributed by atoms with E-state index in [1.54, 1.807) is 4.90 Å². The van der Waals surface area contributed by atoms with Gasteiger partial charge in [0.1, 0.15) is 5.56 Å². The standard InChI is InChI=1S/C18H24N4O4/c1-20-10-13(14(23)19-17(20)26)15(24)22-8-6-18(11-22)5-2-7-21(16(18)25)9-12-3-4-12/h10,12H,2-9,11H2,1H3,(H,19,23,26)/t18-/m0/s1. The van der Waals surface area contributed by atoms with Crippen molar-refractivity contribution in [2.24, 2.45) is 18.4 Å². The Kier molecular flexibility index (Phi) is 4.00. The number of aromatic nitrogens is 2. The van der Waals surface area contributed by atoms with E-state index in [-0.39, 0.29) is 11.5 Å². The average molecular weight is 360 g/mol. The molecule has 1 N–H and O–H groups in total. The highest BCUT2D eigenvalue weighted by molar-refractivity contribution is 5.95. The molecule has 1 aromatic rings. The van der Waals surface area contributed by atoms with Crippen LogP contribution in [0.4, 0.5) is 0 Å². The molecule has 3 aliphatic rings. The van der Waals surface area contributed by atoms with Crippen LogP contribution in [-0.4, -0.2) is 57.3 Å². The summed E-state index contributed by atoms with van der Waals surface area (Å²) in [5.41, 5.74) is -1.79. The van der Waals surface area contributed by atoms with Gasteiger partial charge in [0.05, 0.1) is 5.41 Å². The molecule has 3 heterocycles. The molecule has 1 aromatic heterocycles. The van der Waals surface area contributed by atoms with Crippen LogP contribution in [0.5, 0.6) is 0 Å². The molecule has 2 saturated heterocycles. The van der Waals surface area contributed by atoms with Gasteiger partial charge in [-0.3, -0.25) is 19.4 Å². The van der Waals surface area contributed by atoms with E-state index in [2.05, 4.69) is 4.98 Å². The Labute approximate surface area is 150 Å². The van der Waals surface area contributed by atoms with E-state index in [0.717, 1.165) is 25.9 Å². The number of rotatable bonds is 3. The van der Waals surface area contributed by atoms with Gasteiger partial charge in [-0.1, -0.05) is 0 Å². The van der Waals surface area contributed by atoms with Crippen LogP contribution in [0.1, 0.15) is 42.5 Å². The number of H-pyrrole nitrogens is 1. The second-order valence-electron chi connectivity index (χ2n) is 7.97. The van der Waals surface area contributed by atoms with Crippen LogP contribution in [0, 0.1) is 11.3 Å². The minimum Gasteiger partial charge on any atom is -0.342 e. The van der Waals surface area contributed by atoms with E-state index in [1.807, 2.05) is 4.90 Å². The molecule has 1 saturated carbocycles. The van der Waals surface area contributed by atoms with Gasteiger partial charge in [0.2, 0.25) is 5.91 Å². The predicted molar refractivity (Wildman–Crippen MR) is 93.8 cm³/mol. The lowest BCUT2D eigenvalue weighted by atomic mass is 9.78. The second-order valence-corrected chi connectivity index (χ2v) is 7.97. The van der Waals surface area contributed by atoms with Crippen molar-refractivity contribution in [1.82, 2.24) is 19.4 Å². The van der Waals surface area contributed by atoms with Crippen molar-refractivity contribution in [3.8, 4) is 0 Å². The summed E-state index contributed by atoms with van der Waals surface area (Å²) >= 11 is 0. The summed E-state index contributed by atoms with van der Waals surface area (Å²) in [6, 6.07) is 0. The highest BCUT2D eigenvalue weighted by atomic mass is 16.2. The molecule has 3 fully saturated rings. The zero-order valence-corrected chi connectivity index (χ0v) is 15.0. The SMILES string of the molecule is Cn1cc(C(=O)N2CC[C@@]3(CCCN(CC4CC4)C3=O)C2)c(=O)[nH]c1=O. The summed E-state index contributed by atoms with van der Waals surface area (Å²) < 4.78 is 1.18. The van der Waals surface area contributed by atoms with Crippen LogP contribution < -0.4 is 11.2 Å². The van der Waals surface area contributed by atoms with E-state index in [0.29, 0.717) is 25.4 Å². The van der Waals surface area contributed by atoms with Crippen molar-refractivity contribution in [2.75, 3.05) is 26.2 Å². The average Bonchev–Trinajstić information content (AvgIpc) is 3.32. The van der Waals surface area contributed by atoms with Crippen LogP contribution in [0.25, 0.3) is 0 Å². The fourth-order valence-electron chi connectivity index (χ4n) is 4.25. The molecular formula is C18H24N4O4. The Bertz CT molecular complexity index is 869. The molecule has 0 unspecified atom stereocenters. The van der Waals surface area contributed by atoms with Gasteiger partial charge in [-0.2, -0.15) is 0 Å². The molecule has 1 atom stereocenters. The minimum absolute atomic E-state index is 0.0535. The number of piperidine rings is 1. The van der Waals surface area contributed by atoms with Gasteiger partial charge < -0.3 is 14.4 Å². The van der Waals surface area contributed by atoms with E-state index >= 15 is 0 Å². The van der Waals surface area contributed by atoms with Gasteiger partial charge in [-0.05, 0) is 38.0 Å². The first-order valence-corrected chi connectivity index (χ1v) is 9.28. The molecule has 2 aliphatic heterocycles. The molecule has 26 heavy (non-hydrogen) atoms. The van der Waals surface area contributed by atoms with Crippen LogP contribution in [0.15, 0.2) is 15.8 Å². The Morgan fingerprint density at radius 1 is 1.23 bits per heavy atom. The van der Waals surface area contributed by atoms with Gasteiger partial charge in [0.15, 0.2) is 0 Å². The van der Waals surface area contributed by atoms with Crippen molar-refractivity contribution in [2.45, 2.75) is 32.1 Å². The monoisotopic (exact) mass is 360 g/mol. The molecule has 8 heteroatoms. The Balaban J connectivity index is 1.53. The number of nitrogens with zero attached hydrogens (tertiary/aromatic N) is 3. The number of carbonyl (C=O) groups excluding carboxylic acids is 2. The number of amides is 2. The largest absolute Gasteiger partial charge is 0.342 e. The van der Waals surface area contributed by atoms with Crippen LogP contribution in [-0.2, 0) is 11.8 Å². The lowest BCUT2D eigenvalue weighted by Gasteiger charge is -2.39. The highest BCUT2D eigenvalue weighted by Gasteiger charge is 2.50. The van der Waals surface area contributed by atoms with Gasteiger partial charge in [0.25, 0.3) is 11.5 Å². The fraction of sp³-hybridized carbons (Fsp3) is 0.667. The number of carbonyl (C=O) groups is 2. The van der Waals surface area contributed by atoms with Crippen LogP contribution >= 0.6 is 0 Å². The fourth-order valence-corrected chi connectivity index (χ4v) is 4.25. The molecule has 1 aliphatic carbocycles. The molecule has 0 bridgehead atoms. The summed E-state index contributed by atoms with van der Waals surface area (Å²) in [6.07, 6.45) is 6.08. The Hall–Kier alpha value is -2.38. The van der Waals surface area contributed by atoms with Crippen molar-refractivity contribution in [1.29, 1.82) is 0 Å². The first-order valence-electron chi connectivity index (χ1n) is 9.28. The number of hydrogen-bond acceptors (Lipinski definition) is 4. The zero-order valence-electron chi connectivity index (χ0n) is 15.0. The van der Waals surface area contributed by atoms with Crippen molar-refractivity contribution in [3.05, 3.63) is 32.6 Å². The molecule has 8 nitrogen and oxygen atoms in total. The molecule has 4 rings (SSSR count). The summed E-state index contributed by atoms with van der Waals surface area (Å²) in [7, 11) is 1.49. The van der Waals surface area contributed by atoms with Crippen LogP contribution in [0.2, 0.25) is 0 Å². The third kappa shape index (κ3) is 2.87. The third-order valence-corrected chi connectivity index (χ3v) is 5.98. The maximum absolute atomic E-state index is 13.1. The lowest BCUT2D eigenvalue weighted by molar-refractivity contribution is -0.145. The second kappa shape index (κ2) is 6.10. The smallest absolute Gasteiger partial charge is 0.328 e. The normalized spacial score (nSPS) is 26.0. The number of nitrogens with one attached hydrogen (secondary N) is 1. The van der Waals surface area contributed by atoms with Gasteiger partial charge in [-0.25, -0.2) is 4.79 Å². The van der Waals surface area contributed by atoms with E-state index < -0.39 is 22.6 Å². The molecule has 1 spiro atoms. The Morgan fingerprint density at radius 2 is 2.00 bits per heavy atom. The number of aromatic amines is 1. The van der Waals surface area contributed by atoms with Crippen molar-refractivity contribution in [3.63, 3.8) is 0 Å². The molecular weight excluding hydrogens is 336 g/mol. The molecule has 140 valence electrons. The summed E-state index contributed by atoms with van der Waals surface area (Å²) in [6.45, 7) is 2.47. The van der Waals surface area contributed by atoms with E-state index in [4.69, 9.17) is 0 Å². The molecule has 2 amide bonds. The maximum atomic E-state index is 13.1. The Morgan fingerprint density at radius 3 is 2.73 bits per heavy atom. The van der Waals surface area contributed by atoms with Crippen molar-refractivity contribution >= 4 is 11.8 Å². The third-order valence-electron chi connectivity index (χ3n) is 5.98. The van der Waals surface area contributed by atoms with Gasteiger partial charge in [0, 0.05) is 39.4 Å². The van der Waals surface area contributed by atoms with E-state index in [1.165, 1.54) is 30.7 Å². The number of aryl methyl sites for hydroxylation is 1. The highest BCUT2D eigenvalue weighted by Crippen LogP contribution is 2.41. The maximum Gasteiger partial charge on any atom is 0.328 e. The molecule has 0 aromatic carbocycles. The van der Waals surface area contributed by atoms with Crippen molar-refractivity contribution < 1.29 is 9.59 Å². The van der Waals surface area contributed by atoms with Gasteiger partial charge >= 0.3 is 5.69 Å². The van der Waals surface area contributed by atoms with E-state index in [9.17, 15) is 19.2 Å². The number of likely N-dealkylation sites (tertiary alicyclic amines) is 2. The molecule has 0 radical (unpaired) electrons. The first-order chi connectivity index (χ1) is 12.4. The summed E-state index contributed by atoms with van der Waals surface area (Å²) in [4.78, 5) is 55.1. The topological polar surface area (TPSA) is 95.5 Å². The first kappa shape index (κ1) is 17.1.